The van der Waals surface area contributed by atoms with Crippen LogP contribution >= 0.6 is 15.9 Å². The first-order valence-corrected chi connectivity index (χ1v) is 9.10. The van der Waals surface area contributed by atoms with Crippen molar-refractivity contribution in [1.29, 1.82) is 0 Å². The molecule has 1 aliphatic rings. The molecule has 2 radical (unpaired) electrons. The quantitative estimate of drug-likeness (QED) is 0.383. The maximum absolute atomic E-state index is 14.6. The zero-order valence-electron chi connectivity index (χ0n) is 14.4. The molecular formula is C21H10BrF5N2. The molecule has 29 heavy (non-hydrogen) atoms. The highest BCUT2D eigenvalue weighted by molar-refractivity contribution is 9.10. The van der Waals surface area contributed by atoms with E-state index in [1.165, 1.54) is 18.2 Å². The van der Waals surface area contributed by atoms with Gasteiger partial charge >= 0.3 is 6.18 Å². The Morgan fingerprint density at radius 1 is 0.897 bits per heavy atom. The summed E-state index contributed by atoms with van der Waals surface area (Å²) in [5.74, 6) is -1.46. The number of benzene rings is 3. The van der Waals surface area contributed by atoms with Gasteiger partial charge in [-0.05, 0) is 36.4 Å². The van der Waals surface area contributed by atoms with E-state index in [2.05, 4.69) is 27.5 Å². The third-order valence-electron chi connectivity index (χ3n) is 4.27. The summed E-state index contributed by atoms with van der Waals surface area (Å²) in [5.41, 5.74) is -0.782. The predicted molar refractivity (Wildman–Crippen MR) is 103 cm³/mol. The molecule has 0 aromatic heterocycles. The van der Waals surface area contributed by atoms with Crippen LogP contribution in [0.15, 0.2) is 70.1 Å². The fraction of sp³-hybridized carbons (Fsp3) is 0.0476. The minimum absolute atomic E-state index is 0.0194. The summed E-state index contributed by atoms with van der Waals surface area (Å²) in [6.45, 7) is 2.78. The van der Waals surface area contributed by atoms with Gasteiger partial charge in [0.15, 0.2) is 0 Å². The molecule has 0 unspecified atom stereocenters. The van der Waals surface area contributed by atoms with E-state index in [0.717, 1.165) is 15.4 Å². The van der Waals surface area contributed by atoms with Gasteiger partial charge in [0.05, 0.1) is 11.3 Å². The Balaban J connectivity index is 1.91. The number of halogens is 6. The highest BCUT2D eigenvalue weighted by Crippen LogP contribution is 2.38. The highest BCUT2D eigenvalue weighted by Gasteiger charge is 2.34. The maximum atomic E-state index is 14.6. The summed E-state index contributed by atoms with van der Waals surface area (Å²) in [6, 6.07) is 12.9. The molecule has 0 saturated carbocycles. The average Bonchev–Trinajstić information content (AvgIpc) is 2.68. The molecule has 0 spiro atoms. The smallest absolute Gasteiger partial charge is 0.307 e. The van der Waals surface area contributed by atoms with E-state index in [1.807, 2.05) is 0 Å². The van der Waals surface area contributed by atoms with Gasteiger partial charge in [-0.1, -0.05) is 40.2 Å². The molecule has 4 rings (SSSR count). The van der Waals surface area contributed by atoms with E-state index >= 15 is 0 Å². The van der Waals surface area contributed by atoms with Crippen molar-refractivity contribution in [3.63, 3.8) is 0 Å². The summed E-state index contributed by atoms with van der Waals surface area (Å²) in [6.07, 6.45) is -4.66. The van der Waals surface area contributed by atoms with Crippen LogP contribution in [0.2, 0.25) is 0 Å². The van der Waals surface area contributed by atoms with Crippen LogP contribution in [0.4, 0.5) is 33.3 Å². The molecule has 1 aliphatic heterocycles. The first-order valence-electron chi connectivity index (χ1n) is 8.31. The highest BCUT2D eigenvalue weighted by atomic mass is 79.9. The predicted octanol–water partition coefficient (Wildman–Crippen LogP) is 6.73. The average molecular weight is 465 g/mol. The third-order valence-corrected chi connectivity index (χ3v) is 4.79. The number of para-hydroxylation sites is 1. The summed E-state index contributed by atoms with van der Waals surface area (Å²) in [4.78, 5) is 5.36. The first-order chi connectivity index (χ1) is 13.7. The zero-order valence-corrected chi connectivity index (χ0v) is 16.0. The summed E-state index contributed by atoms with van der Waals surface area (Å²) >= 11 is 3.30. The first kappa shape index (κ1) is 19.6. The summed E-state index contributed by atoms with van der Waals surface area (Å²) in [5, 5.41) is 0. The molecular weight excluding hydrogens is 455 g/mol. The molecule has 0 aliphatic carbocycles. The van der Waals surface area contributed by atoms with E-state index in [9.17, 15) is 22.0 Å². The Hall–Kier alpha value is -2.74. The molecule has 1 heterocycles. The van der Waals surface area contributed by atoms with Crippen molar-refractivity contribution in [1.82, 2.24) is 0 Å². The third kappa shape index (κ3) is 3.76. The lowest BCUT2D eigenvalue weighted by atomic mass is 10.0. The van der Waals surface area contributed by atoms with Gasteiger partial charge in [0, 0.05) is 15.6 Å². The standard InChI is InChI=1S/C21H10BrF5N2/c22-15-7-4-12(5-8-15)20-28-19-13(2-1-3-17(19)24)11-29(20)18-10-14(21(25,26)27)6-9-16(18)23/h1-10H. The Labute approximate surface area is 171 Å². The second-order valence-electron chi connectivity index (χ2n) is 6.19. The van der Waals surface area contributed by atoms with Crippen LogP contribution in [0.1, 0.15) is 16.7 Å². The lowest BCUT2D eigenvalue weighted by Gasteiger charge is -2.30. The molecule has 0 N–H and O–H groups in total. The van der Waals surface area contributed by atoms with Gasteiger partial charge in [0.2, 0.25) is 0 Å². The molecule has 3 aromatic rings. The fourth-order valence-electron chi connectivity index (χ4n) is 2.88. The van der Waals surface area contributed by atoms with Crippen molar-refractivity contribution in [3.8, 4) is 0 Å². The Morgan fingerprint density at radius 2 is 1.62 bits per heavy atom. The van der Waals surface area contributed by atoms with Crippen molar-refractivity contribution in [2.24, 2.45) is 4.99 Å². The molecule has 3 aromatic carbocycles. The van der Waals surface area contributed by atoms with Crippen molar-refractivity contribution >= 4 is 33.1 Å². The van der Waals surface area contributed by atoms with Gasteiger partial charge in [-0.2, -0.15) is 13.2 Å². The zero-order chi connectivity index (χ0) is 20.8. The Bertz CT molecular complexity index is 1110. The molecule has 0 saturated heterocycles. The summed E-state index contributed by atoms with van der Waals surface area (Å²) < 4.78 is 69.1. The van der Waals surface area contributed by atoms with E-state index in [1.54, 1.807) is 24.3 Å². The number of alkyl halides is 3. The van der Waals surface area contributed by atoms with Crippen LogP contribution in [-0.4, -0.2) is 5.84 Å². The van der Waals surface area contributed by atoms with Crippen molar-refractivity contribution in [3.05, 3.63) is 100 Å². The molecule has 2 nitrogen and oxygen atoms in total. The van der Waals surface area contributed by atoms with E-state index in [-0.39, 0.29) is 17.1 Å². The second kappa shape index (κ2) is 7.26. The number of anilines is 1. The van der Waals surface area contributed by atoms with Crippen LogP contribution < -0.4 is 4.90 Å². The largest absolute Gasteiger partial charge is 0.416 e. The maximum Gasteiger partial charge on any atom is 0.416 e. The minimum atomic E-state index is -4.66. The van der Waals surface area contributed by atoms with E-state index in [4.69, 9.17) is 0 Å². The van der Waals surface area contributed by atoms with Gasteiger partial charge in [-0.3, -0.25) is 0 Å². The number of aliphatic imine (C=N–C) groups is 1. The van der Waals surface area contributed by atoms with E-state index < -0.39 is 29.1 Å². The molecule has 0 amide bonds. The molecule has 0 fully saturated rings. The molecule has 0 atom stereocenters. The van der Waals surface area contributed by atoms with Gasteiger partial charge in [-0.15, -0.1) is 0 Å². The van der Waals surface area contributed by atoms with Gasteiger partial charge in [0.25, 0.3) is 0 Å². The van der Waals surface area contributed by atoms with Gasteiger partial charge < -0.3 is 4.90 Å². The molecule has 146 valence electrons. The number of rotatable bonds is 2. The Morgan fingerprint density at radius 3 is 2.31 bits per heavy atom. The number of amidine groups is 1. The lowest BCUT2D eigenvalue weighted by molar-refractivity contribution is -0.137. The van der Waals surface area contributed by atoms with Crippen LogP contribution in [0.25, 0.3) is 0 Å². The van der Waals surface area contributed by atoms with Crippen molar-refractivity contribution in [2.45, 2.75) is 6.18 Å². The van der Waals surface area contributed by atoms with Crippen LogP contribution in [-0.2, 0) is 6.18 Å². The van der Waals surface area contributed by atoms with E-state index in [0.29, 0.717) is 17.7 Å². The normalized spacial score (nSPS) is 13.9. The van der Waals surface area contributed by atoms with Crippen LogP contribution in [0, 0.1) is 18.2 Å². The number of hydrogen-bond acceptors (Lipinski definition) is 2. The lowest BCUT2D eigenvalue weighted by Crippen LogP contribution is -2.33. The number of fused-ring (bicyclic) bond motifs is 1. The van der Waals surface area contributed by atoms with Crippen LogP contribution in [0.5, 0.6) is 0 Å². The second-order valence-corrected chi connectivity index (χ2v) is 7.11. The van der Waals surface area contributed by atoms with Gasteiger partial charge in [-0.25, -0.2) is 13.8 Å². The monoisotopic (exact) mass is 464 g/mol. The Kier molecular flexibility index (Phi) is 4.90. The number of hydrogen-bond donors (Lipinski definition) is 0. The number of nitrogens with zero attached hydrogens (tertiary/aromatic N) is 2. The fourth-order valence-corrected chi connectivity index (χ4v) is 3.14. The topological polar surface area (TPSA) is 15.6 Å². The molecule has 8 heteroatoms. The minimum Gasteiger partial charge on any atom is -0.307 e. The van der Waals surface area contributed by atoms with Crippen molar-refractivity contribution < 1.29 is 22.0 Å². The summed E-state index contributed by atoms with van der Waals surface area (Å²) in [7, 11) is 0. The van der Waals surface area contributed by atoms with Crippen molar-refractivity contribution in [2.75, 3.05) is 4.90 Å². The SMILES string of the molecule is Fc1ccc(C(F)(F)F)cc1N1[C]c2cccc(F)c2N=C1c1ccc(Br)cc1. The van der Waals surface area contributed by atoms with Crippen LogP contribution in [0.3, 0.4) is 0 Å². The van der Waals surface area contributed by atoms with Gasteiger partial charge in [0.1, 0.15) is 29.7 Å². The molecule has 0 bridgehead atoms.